The summed E-state index contributed by atoms with van der Waals surface area (Å²) in [6.07, 6.45) is 0.880. The van der Waals surface area contributed by atoms with Crippen molar-refractivity contribution in [2.24, 2.45) is 0 Å². The Bertz CT molecular complexity index is 1390. The van der Waals surface area contributed by atoms with Crippen LogP contribution in [0.4, 0.5) is 11.4 Å². The summed E-state index contributed by atoms with van der Waals surface area (Å²) in [6.45, 7) is 7.77. The topological polar surface area (TPSA) is 136 Å². The number of nitro groups is 1. The van der Waals surface area contributed by atoms with Gasteiger partial charge in [-0.3, -0.25) is 19.7 Å². The Morgan fingerprint density at radius 2 is 1.54 bits per heavy atom. The molecule has 10 heteroatoms. The number of aromatic amines is 2. The van der Waals surface area contributed by atoms with E-state index in [2.05, 4.69) is 39.3 Å². The molecule has 2 aromatic heterocycles. The molecule has 0 unspecified atom stereocenters. The van der Waals surface area contributed by atoms with E-state index in [4.69, 9.17) is 0 Å². The average molecular weight is 477 g/mol. The second-order valence-corrected chi connectivity index (χ2v) is 8.29. The van der Waals surface area contributed by atoms with Crippen LogP contribution in [-0.2, 0) is 0 Å². The van der Waals surface area contributed by atoms with Crippen LogP contribution in [0.1, 0.15) is 41.2 Å². The number of H-pyrrole nitrogens is 2. The summed E-state index contributed by atoms with van der Waals surface area (Å²) in [5.41, 5.74) is 2.70. The zero-order chi connectivity index (χ0) is 24.9. The fourth-order valence-corrected chi connectivity index (χ4v) is 4.03. The second-order valence-electron chi connectivity index (χ2n) is 8.29. The van der Waals surface area contributed by atoms with E-state index in [1.165, 1.54) is 12.1 Å². The van der Waals surface area contributed by atoms with Crippen LogP contribution in [0.2, 0.25) is 0 Å². The third-order valence-electron chi connectivity index (χ3n) is 6.01. The fraction of sp³-hybridized carbons (Fsp3) is 0.280. The number of carbonyl (C=O) groups is 2. The highest BCUT2D eigenvalue weighted by Gasteiger charge is 2.14. The SMILES string of the molecule is CCN(CC)CCCNC(=O)c1cc2cc(NC(=O)c3cc4cc([N+](=O)[O-])ccc4[nH]3)ccc2[nH]1. The molecule has 0 fully saturated rings. The second kappa shape index (κ2) is 10.4. The summed E-state index contributed by atoms with van der Waals surface area (Å²) < 4.78 is 0. The van der Waals surface area contributed by atoms with Crippen molar-refractivity contribution in [2.45, 2.75) is 20.3 Å². The largest absolute Gasteiger partial charge is 0.351 e. The van der Waals surface area contributed by atoms with E-state index in [1.54, 1.807) is 36.4 Å². The smallest absolute Gasteiger partial charge is 0.272 e. The van der Waals surface area contributed by atoms with E-state index < -0.39 is 4.92 Å². The first-order valence-corrected chi connectivity index (χ1v) is 11.6. The Kier molecular flexibility index (Phi) is 7.11. The van der Waals surface area contributed by atoms with Crippen molar-refractivity contribution in [3.05, 3.63) is 70.0 Å². The number of anilines is 1. The van der Waals surface area contributed by atoms with E-state index in [1.807, 2.05) is 0 Å². The number of nitro benzene ring substituents is 1. The molecule has 0 atom stereocenters. The molecule has 0 radical (unpaired) electrons. The Morgan fingerprint density at radius 1 is 0.914 bits per heavy atom. The van der Waals surface area contributed by atoms with Gasteiger partial charge >= 0.3 is 0 Å². The van der Waals surface area contributed by atoms with Gasteiger partial charge in [-0.2, -0.15) is 0 Å². The minimum absolute atomic E-state index is 0.0369. The molecule has 0 bridgehead atoms. The number of rotatable bonds is 10. The maximum absolute atomic E-state index is 12.7. The van der Waals surface area contributed by atoms with Gasteiger partial charge in [0.2, 0.25) is 0 Å². The van der Waals surface area contributed by atoms with Crippen molar-refractivity contribution in [2.75, 3.05) is 31.5 Å². The molecule has 35 heavy (non-hydrogen) atoms. The van der Waals surface area contributed by atoms with E-state index in [-0.39, 0.29) is 17.5 Å². The zero-order valence-corrected chi connectivity index (χ0v) is 19.7. The molecular weight excluding hydrogens is 448 g/mol. The van der Waals surface area contributed by atoms with Gasteiger partial charge in [-0.1, -0.05) is 13.8 Å². The number of hydrogen-bond donors (Lipinski definition) is 4. The molecular formula is C25H28N6O4. The van der Waals surface area contributed by atoms with Crippen molar-refractivity contribution < 1.29 is 14.5 Å². The van der Waals surface area contributed by atoms with E-state index >= 15 is 0 Å². The van der Waals surface area contributed by atoms with Crippen LogP contribution < -0.4 is 10.6 Å². The van der Waals surface area contributed by atoms with Gasteiger partial charge in [0.05, 0.1) is 4.92 Å². The van der Waals surface area contributed by atoms with Crippen LogP contribution in [0.5, 0.6) is 0 Å². The average Bonchev–Trinajstić information content (AvgIpc) is 3.47. The third-order valence-corrected chi connectivity index (χ3v) is 6.01. The summed E-state index contributed by atoms with van der Waals surface area (Å²) in [6, 6.07) is 13.1. The summed E-state index contributed by atoms with van der Waals surface area (Å²) in [7, 11) is 0. The van der Waals surface area contributed by atoms with Gasteiger partial charge in [-0.05, 0) is 62.5 Å². The van der Waals surface area contributed by atoms with E-state index in [9.17, 15) is 19.7 Å². The number of fused-ring (bicyclic) bond motifs is 2. The van der Waals surface area contributed by atoms with Gasteiger partial charge in [0, 0.05) is 46.2 Å². The molecule has 0 spiro atoms. The first-order chi connectivity index (χ1) is 16.9. The summed E-state index contributed by atoms with van der Waals surface area (Å²) in [4.78, 5) is 44.2. The predicted octanol–water partition coefficient (Wildman–Crippen LogP) is 4.27. The molecule has 2 heterocycles. The van der Waals surface area contributed by atoms with Gasteiger partial charge < -0.3 is 25.5 Å². The summed E-state index contributed by atoms with van der Waals surface area (Å²) in [5, 5.41) is 18.1. The molecule has 182 valence electrons. The number of nitrogens with zero attached hydrogens (tertiary/aromatic N) is 2. The lowest BCUT2D eigenvalue weighted by atomic mass is 10.2. The molecule has 4 aromatic rings. The molecule has 0 aliphatic rings. The van der Waals surface area contributed by atoms with Gasteiger partial charge in [0.15, 0.2) is 0 Å². The zero-order valence-electron chi connectivity index (χ0n) is 19.7. The first kappa shape index (κ1) is 24.0. The molecule has 0 aliphatic heterocycles. The van der Waals surface area contributed by atoms with Crippen LogP contribution in [0.25, 0.3) is 21.8 Å². The van der Waals surface area contributed by atoms with Crippen LogP contribution in [0.3, 0.4) is 0 Å². The van der Waals surface area contributed by atoms with Crippen molar-refractivity contribution in [1.29, 1.82) is 0 Å². The van der Waals surface area contributed by atoms with Crippen molar-refractivity contribution >= 4 is 45.0 Å². The molecule has 4 N–H and O–H groups in total. The minimum atomic E-state index is -0.473. The van der Waals surface area contributed by atoms with Crippen LogP contribution in [0, 0.1) is 10.1 Å². The first-order valence-electron chi connectivity index (χ1n) is 11.6. The number of hydrogen-bond acceptors (Lipinski definition) is 5. The van der Waals surface area contributed by atoms with Crippen molar-refractivity contribution in [1.82, 2.24) is 20.2 Å². The van der Waals surface area contributed by atoms with Gasteiger partial charge in [0.1, 0.15) is 11.4 Å². The lowest BCUT2D eigenvalue weighted by molar-refractivity contribution is -0.384. The third kappa shape index (κ3) is 5.49. The Hall–Kier alpha value is -4.18. The van der Waals surface area contributed by atoms with Crippen molar-refractivity contribution in [3.63, 3.8) is 0 Å². The number of carbonyl (C=O) groups excluding carboxylic acids is 2. The van der Waals surface area contributed by atoms with E-state index in [0.717, 1.165) is 37.0 Å². The van der Waals surface area contributed by atoms with Crippen molar-refractivity contribution in [3.8, 4) is 0 Å². The van der Waals surface area contributed by atoms with Crippen LogP contribution in [-0.4, -0.2) is 57.8 Å². The highest BCUT2D eigenvalue weighted by molar-refractivity contribution is 6.07. The molecule has 0 saturated carbocycles. The minimum Gasteiger partial charge on any atom is -0.351 e. The highest BCUT2D eigenvalue weighted by atomic mass is 16.6. The fourth-order valence-electron chi connectivity index (χ4n) is 4.03. The normalized spacial score (nSPS) is 11.3. The molecule has 2 aromatic carbocycles. The lowest BCUT2D eigenvalue weighted by Crippen LogP contribution is -2.30. The monoisotopic (exact) mass is 476 g/mol. The lowest BCUT2D eigenvalue weighted by Gasteiger charge is -2.17. The van der Waals surface area contributed by atoms with Gasteiger partial charge in [-0.25, -0.2) is 0 Å². The molecule has 2 amide bonds. The maximum Gasteiger partial charge on any atom is 0.272 e. The number of amides is 2. The van der Waals surface area contributed by atoms with Crippen LogP contribution >= 0.6 is 0 Å². The molecule has 10 nitrogen and oxygen atoms in total. The molecule has 0 saturated heterocycles. The Morgan fingerprint density at radius 3 is 2.20 bits per heavy atom. The number of non-ortho nitro benzene ring substituents is 1. The van der Waals surface area contributed by atoms with Gasteiger partial charge in [-0.15, -0.1) is 0 Å². The Labute approximate surface area is 201 Å². The van der Waals surface area contributed by atoms with E-state index in [0.29, 0.717) is 34.5 Å². The Balaban J connectivity index is 1.40. The summed E-state index contributed by atoms with van der Waals surface area (Å²) in [5.74, 6) is -0.539. The molecule has 4 rings (SSSR count). The van der Waals surface area contributed by atoms with Gasteiger partial charge in [0.25, 0.3) is 17.5 Å². The number of nitrogens with one attached hydrogen (secondary N) is 4. The number of aromatic nitrogens is 2. The number of benzene rings is 2. The standard InChI is InChI=1S/C25H28N6O4/c1-3-30(4-2)11-5-10-26-24(32)22-14-16-12-18(6-8-20(16)28-22)27-25(33)23-15-17-13-19(31(34)35)7-9-21(17)29-23/h6-9,12-15,28-29H,3-5,10-11H2,1-2H3,(H,26,32)(H,27,33). The predicted molar refractivity (Wildman–Crippen MR) is 136 cm³/mol. The quantitative estimate of drug-likeness (QED) is 0.154. The maximum atomic E-state index is 12.7. The summed E-state index contributed by atoms with van der Waals surface area (Å²) >= 11 is 0. The highest BCUT2D eigenvalue weighted by Crippen LogP contribution is 2.24. The molecule has 0 aliphatic carbocycles. The van der Waals surface area contributed by atoms with Crippen LogP contribution in [0.15, 0.2) is 48.5 Å².